The standard InChI is InChI=1S/C10H12F3N/c1-6-2-3-7(4-8(6)11)5-9(14)10(12)13/h2-4,9-10H,5,14H2,1H3. The van der Waals surface area contributed by atoms with Gasteiger partial charge in [-0.1, -0.05) is 12.1 Å². The van der Waals surface area contributed by atoms with Crippen LogP contribution in [0.15, 0.2) is 18.2 Å². The Morgan fingerprint density at radius 1 is 1.36 bits per heavy atom. The first-order valence-corrected chi connectivity index (χ1v) is 4.29. The molecule has 1 rings (SSSR count). The summed E-state index contributed by atoms with van der Waals surface area (Å²) >= 11 is 0. The molecular weight excluding hydrogens is 191 g/mol. The van der Waals surface area contributed by atoms with Crippen LogP contribution in [-0.2, 0) is 6.42 Å². The van der Waals surface area contributed by atoms with Gasteiger partial charge >= 0.3 is 0 Å². The van der Waals surface area contributed by atoms with E-state index in [1.165, 1.54) is 6.07 Å². The lowest BCUT2D eigenvalue weighted by atomic mass is 10.1. The number of halogens is 3. The maximum absolute atomic E-state index is 13.0. The van der Waals surface area contributed by atoms with Gasteiger partial charge in [0.1, 0.15) is 5.82 Å². The van der Waals surface area contributed by atoms with Gasteiger partial charge in [-0.05, 0) is 30.5 Å². The molecule has 1 atom stereocenters. The fraction of sp³-hybridized carbons (Fsp3) is 0.400. The predicted molar refractivity (Wildman–Crippen MR) is 48.8 cm³/mol. The molecule has 1 aromatic carbocycles. The summed E-state index contributed by atoms with van der Waals surface area (Å²) in [6, 6.07) is 3.19. The molecule has 0 aromatic heterocycles. The van der Waals surface area contributed by atoms with Crippen LogP contribution in [0.25, 0.3) is 0 Å². The van der Waals surface area contributed by atoms with Gasteiger partial charge in [0.15, 0.2) is 0 Å². The van der Waals surface area contributed by atoms with E-state index >= 15 is 0 Å². The summed E-state index contributed by atoms with van der Waals surface area (Å²) in [5, 5.41) is 0. The minimum atomic E-state index is -2.57. The van der Waals surface area contributed by atoms with Crippen molar-refractivity contribution < 1.29 is 13.2 Å². The highest BCUT2D eigenvalue weighted by Crippen LogP contribution is 2.12. The Bertz CT molecular complexity index is 312. The predicted octanol–water partition coefficient (Wildman–Crippen LogP) is 2.27. The van der Waals surface area contributed by atoms with Crippen molar-refractivity contribution in [3.8, 4) is 0 Å². The molecule has 0 aliphatic heterocycles. The molecule has 1 aromatic rings. The van der Waals surface area contributed by atoms with Gasteiger partial charge in [0.2, 0.25) is 0 Å². The van der Waals surface area contributed by atoms with Crippen molar-refractivity contribution in [2.75, 3.05) is 0 Å². The van der Waals surface area contributed by atoms with E-state index in [9.17, 15) is 13.2 Å². The van der Waals surface area contributed by atoms with Crippen LogP contribution in [-0.4, -0.2) is 12.5 Å². The van der Waals surface area contributed by atoms with Crippen LogP contribution in [0.4, 0.5) is 13.2 Å². The lowest BCUT2D eigenvalue weighted by Gasteiger charge is -2.10. The first-order valence-electron chi connectivity index (χ1n) is 4.29. The zero-order valence-corrected chi connectivity index (χ0v) is 7.81. The second-order valence-corrected chi connectivity index (χ2v) is 3.29. The minimum Gasteiger partial charge on any atom is -0.323 e. The Morgan fingerprint density at radius 3 is 2.50 bits per heavy atom. The first-order chi connectivity index (χ1) is 6.50. The lowest BCUT2D eigenvalue weighted by molar-refractivity contribution is 0.116. The van der Waals surface area contributed by atoms with Crippen molar-refractivity contribution in [1.82, 2.24) is 0 Å². The lowest BCUT2D eigenvalue weighted by Crippen LogP contribution is -2.30. The Balaban J connectivity index is 2.73. The van der Waals surface area contributed by atoms with Crippen LogP contribution in [0.1, 0.15) is 11.1 Å². The maximum Gasteiger partial charge on any atom is 0.253 e. The van der Waals surface area contributed by atoms with Gasteiger partial charge < -0.3 is 5.73 Å². The molecule has 0 saturated heterocycles. The molecule has 0 fully saturated rings. The van der Waals surface area contributed by atoms with Crippen LogP contribution in [0, 0.1) is 12.7 Å². The monoisotopic (exact) mass is 203 g/mol. The van der Waals surface area contributed by atoms with E-state index in [2.05, 4.69) is 0 Å². The number of benzene rings is 1. The number of hydrogen-bond donors (Lipinski definition) is 1. The first kappa shape index (κ1) is 11.0. The molecule has 0 amide bonds. The fourth-order valence-corrected chi connectivity index (χ4v) is 1.12. The molecule has 0 bridgehead atoms. The SMILES string of the molecule is Cc1ccc(CC(N)C(F)F)cc1F. The molecular formula is C10H12F3N. The Hall–Kier alpha value is -1.03. The summed E-state index contributed by atoms with van der Waals surface area (Å²) in [4.78, 5) is 0. The van der Waals surface area contributed by atoms with Gasteiger partial charge in [0.05, 0.1) is 6.04 Å². The van der Waals surface area contributed by atoms with E-state index in [-0.39, 0.29) is 12.2 Å². The van der Waals surface area contributed by atoms with Crippen molar-refractivity contribution >= 4 is 0 Å². The van der Waals surface area contributed by atoms with E-state index in [0.29, 0.717) is 11.1 Å². The van der Waals surface area contributed by atoms with Gasteiger partial charge in [-0.2, -0.15) is 0 Å². The topological polar surface area (TPSA) is 26.0 Å². The normalized spacial score (nSPS) is 13.3. The molecule has 0 saturated carbocycles. The average Bonchev–Trinajstić information content (AvgIpc) is 2.11. The van der Waals surface area contributed by atoms with E-state index in [1.807, 2.05) is 0 Å². The largest absolute Gasteiger partial charge is 0.323 e. The van der Waals surface area contributed by atoms with Crippen LogP contribution in [0.5, 0.6) is 0 Å². The molecule has 4 heteroatoms. The Kier molecular flexibility index (Phi) is 3.52. The van der Waals surface area contributed by atoms with E-state index in [0.717, 1.165) is 0 Å². The second-order valence-electron chi connectivity index (χ2n) is 3.29. The molecule has 1 nitrogen and oxygen atoms in total. The highest BCUT2D eigenvalue weighted by atomic mass is 19.3. The van der Waals surface area contributed by atoms with E-state index in [4.69, 9.17) is 5.73 Å². The number of rotatable bonds is 3. The summed E-state index contributed by atoms with van der Waals surface area (Å²) in [6.45, 7) is 1.62. The van der Waals surface area contributed by atoms with Gasteiger partial charge in [-0.25, -0.2) is 13.2 Å². The second kappa shape index (κ2) is 4.46. The fourth-order valence-electron chi connectivity index (χ4n) is 1.12. The van der Waals surface area contributed by atoms with Crippen molar-refractivity contribution in [3.05, 3.63) is 35.1 Å². The number of alkyl halides is 2. The molecule has 14 heavy (non-hydrogen) atoms. The maximum atomic E-state index is 13.0. The Morgan fingerprint density at radius 2 is 2.00 bits per heavy atom. The smallest absolute Gasteiger partial charge is 0.253 e. The molecule has 0 heterocycles. The van der Waals surface area contributed by atoms with Crippen molar-refractivity contribution in [2.24, 2.45) is 5.73 Å². The molecule has 0 aliphatic rings. The summed E-state index contributed by atoms with van der Waals surface area (Å²) in [5.41, 5.74) is 6.16. The van der Waals surface area contributed by atoms with Crippen molar-refractivity contribution in [1.29, 1.82) is 0 Å². The van der Waals surface area contributed by atoms with Gasteiger partial charge in [-0.3, -0.25) is 0 Å². The summed E-state index contributed by atoms with van der Waals surface area (Å²) in [5.74, 6) is -0.385. The molecule has 0 aliphatic carbocycles. The quantitative estimate of drug-likeness (QED) is 0.801. The van der Waals surface area contributed by atoms with Crippen molar-refractivity contribution in [3.63, 3.8) is 0 Å². The number of aryl methyl sites for hydroxylation is 1. The molecule has 1 unspecified atom stereocenters. The summed E-state index contributed by atoms with van der Waals surface area (Å²) < 4.78 is 37.2. The number of hydrogen-bond acceptors (Lipinski definition) is 1. The molecule has 2 N–H and O–H groups in total. The average molecular weight is 203 g/mol. The summed E-state index contributed by atoms with van der Waals surface area (Å²) in [6.07, 6.45) is -2.58. The van der Waals surface area contributed by atoms with Crippen LogP contribution in [0.3, 0.4) is 0 Å². The van der Waals surface area contributed by atoms with Crippen LogP contribution >= 0.6 is 0 Å². The zero-order valence-electron chi connectivity index (χ0n) is 7.81. The number of nitrogens with two attached hydrogens (primary N) is 1. The highest BCUT2D eigenvalue weighted by molar-refractivity contribution is 5.23. The van der Waals surface area contributed by atoms with Gasteiger partial charge in [-0.15, -0.1) is 0 Å². The van der Waals surface area contributed by atoms with Crippen LogP contribution in [0.2, 0.25) is 0 Å². The third kappa shape index (κ3) is 2.73. The van der Waals surface area contributed by atoms with Crippen LogP contribution < -0.4 is 5.73 Å². The zero-order chi connectivity index (χ0) is 10.7. The molecule has 0 radical (unpaired) electrons. The van der Waals surface area contributed by atoms with Crippen molar-refractivity contribution in [2.45, 2.75) is 25.8 Å². The Labute approximate surface area is 80.7 Å². The van der Waals surface area contributed by atoms with E-state index < -0.39 is 12.5 Å². The minimum absolute atomic E-state index is 0.00509. The molecule has 0 spiro atoms. The third-order valence-corrected chi connectivity index (χ3v) is 2.03. The van der Waals surface area contributed by atoms with Gasteiger partial charge in [0.25, 0.3) is 6.43 Å². The summed E-state index contributed by atoms with van der Waals surface area (Å²) in [7, 11) is 0. The van der Waals surface area contributed by atoms with Gasteiger partial charge in [0, 0.05) is 0 Å². The third-order valence-electron chi connectivity index (χ3n) is 2.03. The molecule has 78 valence electrons. The highest BCUT2D eigenvalue weighted by Gasteiger charge is 2.15. The van der Waals surface area contributed by atoms with E-state index in [1.54, 1.807) is 19.1 Å².